The van der Waals surface area contributed by atoms with Gasteiger partial charge in [0.2, 0.25) is 0 Å². The van der Waals surface area contributed by atoms with Gasteiger partial charge >= 0.3 is 0 Å². The van der Waals surface area contributed by atoms with Gasteiger partial charge in [0.05, 0.1) is 11.6 Å². The van der Waals surface area contributed by atoms with Gasteiger partial charge in [0.1, 0.15) is 0 Å². The van der Waals surface area contributed by atoms with Crippen LogP contribution in [0.4, 0.5) is 5.82 Å². The monoisotopic (exact) mass is 310 g/mol. The van der Waals surface area contributed by atoms with Crippen molar-refractivity contribution in [2.45, 2.75) is 31.2 Å². The molecule has 0 aromatic carbocycles. The van der Waals surface area contributed by atoms with Crippen LogP contribution in [-0.2, 0) is 5.88 Å². The minimum atomic E-state index is 0.526. The largest absolute Gasteiger partial charge is 0.352 e. The molecule has 108 valence electrons. The second kappa shape index (κ2) is 5.20. The number of halogens is 1. The van der Waals surface area contributed by atoms with Crippen molar-refractivity contribution >= 4 is 33.7 Å². The van der Waals surface area contributed by atoms with Crippen molar-refractivity contribution in [3.8, 4) is 0 Å². The fraction of sp³-hybridized carbons (Fsp3) is 0.643. The highest BCUT2D eigenvalue weighted by Crippen LogP contribution is 2.29. The summed E-state index contributed by atoms with van der Waals surface area (Å²) in [6, 6.07) is 0.709. The summed E-state index contributed by atoms with van der Waals surface area (Å²) in [5.74, 6) is 1.63. The molecule has 20 heavy (non-hydrogen) atoms. The van der Waals surface area contributed by atoms with E-state index in [2.05, 4.69) is 25.8 Å². The average Bonchev–Trinajstić information content (AvgIpc) is 3.07. The number of rotatable bonds is 2. The Hall–Kier alpha value is -0.780. The smallest absolute Gasteiger partial charge is 0.195 e. The number of hydrogen-bond acceptors (Lipinski definition) is 4. The molecule has 2 aliphatic heterocycles. The number of piperazine rings is 1. The molecular weight excluding hydrogens is 292 g/mol. The van der Waals surface area contributed by atoms with E-state index in [9.17, 15) is 0 Å². The molecule has 0 amide bonds. The van der Waals surface area contributed by atoms with Crippen molar-refractivity contribution in [1.82, 2.24) is 14.3 Å². The first kappa shape index (κ1) is 12.9. The standard InChI is InChI=1S/C14H19ClN4S/c15-9-12-13(16-14-19(12)7-8-20-14)18-6-5-17-4-2-1-3-11(17)10-18/h7-8,11H,1-6,9-10H2. The maximum absolute atomic E-state index is 6.17. The number of anilines is 1. The highest BCUT2D eigenvalue weighted by molar-refractivity contribution is 7.15. The minimum absolute atomic E-state index is 0.526. The minimum Gasteiger partial charge on any atom is -0.352 e. The normalized spacial score (nSPS) is 24.2. The fourth-order valence-electron chi connectivity index (χ4n) is 3.55. The topological polar surface area (TPSA) is 23.8 Å². The summed E-state index contributed by atoms with van der Waals surface area (Å²) < 4.78 is 2.14. The third-order valence-corrected chi connectivity index (χ3v) is 5.61. The van der Waals surface area contributed by atoms with E-state index in [4.69, 9.17) is 16.6 Å². The Morgan fingerprint density at radius 2 is 2.25 bits per heavy atom. The zero-order chi connectivity index (χ0) is 13.5. The molecule has 6 heteroatoms. The number of nitrogens with zero attached hydrogens (tertiary/aromatic N) is 4. The lowest BCUT2D eigenvalue weighted by atomic mass is 9.99. The van der Waals surface area contributed by atoms with E-state index in [1.54, 1.807) is 11.3 Å². The van der Waals surface area contributed by atoms with E-state index >= 15 is 0 Å². The van der Waals surface area contributed by atoms with Crippen LogP contribution in [0.2, 0.25) is 0 Å². The van der Waals surface area contributed by atoms with Gasteiger partial charge in [0.15, 0.2) is 10.8 Å². The molecule has 4 nitrogen and oxygen atoms in total. The quantitative estimate of drug-likeness (QED) is 0.797. The molecule has 0 saturated carbocycles. The third-order valence-electron chi connectivity index (χ3n) is 4.60. The van der Waals surface area contributed by atoms with E-state index in [1.807, 2.05) is 0 Å². The Balaban J connectivity index is 1.64. The summed E-state index contributed by atoms with van der Waals surface area (Å²) in [6.45, 7) is 4.62. The number of aromatic nitrogens is 2. The summed E-state index contributed by atoms with van der Waals surface area (Å²) in [7, 11) is 0. The van der Waals surface area contributed by atoms with Crippen LogP contribution in [0.3, 0.4) is 0 Å². The van der Waals surface area contributed by atoms with E-state index in [1.165, 1.54) is 25.8 Å². The molecule has 0 radical (unpaired) electrons. The first-order valence-electron chi connectivity index (χ1n) is 7.36. The highest BCUT2D eigenvalue weighted by atomic mass is 35.5. The van der Waals surface area contributed by atoms with Crippen LogP contribution in [0.15, 0.2) is 11.6 Å². The first-order valence-corrected chi connectivity index (χ1v) is 8.77. The number of piperidine rings is 1. The van der Waals surface area contributed by atoms with Crippen molar-refractivity contribution in [2.75, 3.05) is 31.1 Å². The van der Waals surface area contributed by atoms with E-state index in [-0.39, 0.29) is 0 Å². The average molecular weight is 311 g/mol. The molecule has 0 spiro atoms. The molecule has 2 aliphatic rings. The van der Waals surface area contributed by atoms with Gasteiger partial charge in [-0.15, -0.1) is 22.9 Å². The van der Waals surface area contributed by atoms with Gasteiger partial charge in [-0.2, -0.15) is 0 Å². The molecule has 4 heterocycles. The van der Waals surface area contributed by atoms with Crippen LogP contribution in [0, 0.1) is 0 Å². The van der Waals surface area contributed by atoms with Crippen molar-refractivity contribution in [3.05, 3.63) is 17.3 Å². The van der Waals surface area contributed by atoms with Crippen molar-refractivity contribution in [2.24, 2.45) is 0 Å². The predicted molar refractivity (Wildman–Crippen MR) is 84.1 cm³/mol. The maximum atomic E-state index is 6.17. The van der Waals surface area contributed by atoms with Gasteiger partial charge in [-0.1, -0.05) is 6.42 Å². The van der Waals surface area contributed by atoms with Crippen LogP contribution in [-0.4, -0.2) is 46.5 Å². The first-order chi connectivity index (χ1) is 9.86. The van der Waals surface area contributed by atoms with Crippen molar-refractivity contribution < 1.29 is 0 Å². The number of alkyl halides is 1. The van der Waals surface area contributed by atoms with E-state index in [0.29, 0.717) is 11.9 Å². The van der Waals surface area contributed by atoms with Gasteiger partial charge in [-0.25, -0.2) is 4.98 Å². The van der Waals surface area contributed by atoms with Gasteiger partial charge in [0, 0.05) is 37.3 Å². The molecule has 1 atom stereocenters. The van der Waals surface area contributed by atoms with Gasteiger partial charge in [-0.05, 0) is 19.4 Å². The molecule has 0 N–H and O–H groups in total. The lowest BCUT2D eigenvalue weighted by Gasteiger charge is -2.44. The summed E-state index contributed by atoms with van der Waals surface area (Å²) in [5, 5.41) is 2.07. The predicted octanol–water partition coefficient (Wildman–Crippen LogP) is 2.81. The van der Waals surface area contributed by atoms with Gasteiger partial charge < -0.3 is 4.90 Å². The second-order valence-corrected chi connectivity index (χ2v) is 6.84. The van der Waals surface area contributed by atoms with Crippen LogP contribution in [0.1, 0.15) is 25.0 Å². The summed E-state index contributed by atoms with van der Waals surface area (Å²) in [4.78, 5) is 11.0. The van der Waals surface area contributed by atoms with Crippen molar-refractivity contribution in [1.29, 1.82) is 0 Å². The van der Waals surface area contributed by atoms with Crippen LogP contribution >= 0.6 is 22.9 Å². The van der Waals surface area contributed by atoms with Gasteiger partial charge in [0.25, 0.3) is 0 Å². The fourth-order valence-corrected chi connectivity index (χ4v) is 4.52. The Bertz CT molecular complexity index is 607. The lowest BCUT2D eigenvalue weighted by Crippen LogP contribution is -2.55. The Morgan fingerprint density at radius 1 is 1.30 bits per heavy atom. The number of hydrogen-bond donors (Lipinski definition) is 0. The third kappa shape index (κ3) is 2.03. The molecule has 2 aromatic heterocycles. The van der Waals surface area contributed by atoms with E-state index in [0.717, 1.165) is 36.1 Å². The zero-order valence-corrected chi connectivity index (χ0v) is 13.0. The Kier molecular flexibility index (Phi) is 3.36. The molecular formula is C14H19ClN4S. The SMILES string of the molecule is ClCc1c(N2CCN3CCCCC3C2)nc2sccn12. The van der Waals surface area contributed by atoms with Crippen molar-refractivity contribution in [3.63, 3.8) is 0 Å². The molecule has 4 rings (SSSR count). The Morgan fingerprint density at radius 3 is 3.15 bits per heavy atom. The van der Waals surface area contributed by atoms with Crippen LogP contribution < -0.4 is 4.90 Å². The zero-order valence-electron chi connectivity index (χ0n) is 11.5. The molecule has 1 unspecified atom stereocenters. The van der Waals surface area contributed by atoms with Crippen LogP contribution in [0.25, 0.3) is 4.96 Å². The molecule has 0 aliphatic carbocycles. The number of imidazole rings is 1. The number of fused-ring (bicyclic) bond motifs is 2. The van der Waals surface area contributed by atoms with Gasteiger partial charge in [-0.3, -0.25) is 9.30 Å². The number of thiazole rings is 1. The highest BCUT2D eigenvalue weighted by Gasteiger charge is 2.31. The van der Waals surface area contributed by atoms with E-state index < -0.39 is 0 Å². The summed E-state index contributed by atoms with van der Waals surface area (Å²) >= 11 is 7.85. The Labute approximate surface area is 128 Å². The molecule has 2 saturated heterocycles. The second-order valence-electron chi connectivity index (χ2n) is 5.70. The lowest BCUT2D eigenvalue weighted by molar-refractivity contribution is 0.133. The summed E-state index contributed by atoms with van der Waals surface area (Å²) in [6.07, 6.45) is 6.14. The molecule has 2 aromatic rings. The summed E-state index contributed by atoms with van der Waals surface area (Å²) in [5.41, 5.74) is 1.15. The van der Waals surface area contributed by atoms with Crippen LogP contribution in [0.5, 0.6) is 0 Å². The maximum Gasteiger partial charge on any atom is 0.195 e. The molecule has 2 fully saturated rings. The molecule has 0 bridgehead atoms.